The summed E-state index contributed by atoms with van der Waals surface area (Å²) in [4.78, 5) is 28.3. The molecule has 0 aromatic heterocycles. The van der Waals surface area contributed by atoms with E-state index in [1.54, 1.807) is 12.1 Å². The van der Waals surface area contributed by atoms with Crippen LogP contribution in [-0.2, 0) is 9.59 Å². The first-order chi connectivity index (χ1) is 12.1. The number of hydrogen-bond donors (Lipinski definition) is 2. The minimum atomic E-state index is -0.0843. The van der Waals surface area contributed by atoms with Crippen molar-refractivity contribution in [1.29, 1.82) is 0 Å². The van der Waals surface area contributed by atoms with Gasteiger partial charge in [0.2, 0.25) is 11.8 Å². The summed E-state index contributed by atoms with van der Waals surface area (Å²) in [5.41, 5.74) is 0.629. The van der Waals surface area contributed by atoms with Gasteiger partial charge in [-0.3, -0.25) is 14.5 Å². The summed E-state index contributed by atoms with van der Waals surface area (Å²) >= 11 is 6.05. The maximum atomic E-state index is 12.2. The third-order valence-electron chi connectivity index (χ3n) is 4.65. The van der Waals surface area contributed by atoms with Crippen LogP contribution in [0.4, 0.5) is 5.69 Å². The van der Waals surface area contributed by atoms with E-state index in [1.165, 1.54) is 12.8 Å². The highest BCUT2D eigenvalue weighted by Gasteiger charge is 2.24. The zero-order valence-corrected chi connectivity index (χ0v) is 15.1. The molecule has 1 aromatic carbocycles. The lowest BCUT2D eigenvalue weighted by molar-refractivity contribution is -0.132. The number of rotatable bonds is 7. The summed E-state index contributed by atoms with van der Waals surface area (Å²) in [5, 5.41) is 6.60. The molecule has 1 saturated heterocycles. The Hall–Kier alpha value is -1.63. The number of amides is 2. The van der Waals surface area contributed by atoms with Gasteiger partial charge in [-0.15, -0.1) is 0 Å². The van der Waals surface area contributed by atoms with Crippen LogP contribution in [0.15, 0.2) is 24.3 Å². The highest BCUT2D eigenvalue weighted by Crippen LogP contribution is 2.27. The number of halogens is 1. The molecule has 1 heterocycles. The van der Waals surface area contributed by atoms with E-state index in [0.29, 0.717) is 50.0 Å². The first-order valence-corrected chi connectivity index (χ1v) is 9.25. The van der Waals surface area contributed by atoms with Crippen molar-refractivity contribution in [3.63, 3.8) is 0 Å². The van der Waals surface area contributed by atoms with Gasteiger partial charge in [-0.05, 0) is 37.4 Å². The number of carbonyl (C=O) groups excluding carboxylic acids is 2. The van der Waals surface area contributed by atoms with Crippen LogP contribution in [0.1, 0.15) is 12.8 Å². The average Bonchev–Trinajstić information content (AvgIpc) is 3.42. The second-order valence-electron chi connectivity index (χ2n) is 6.76. The van der Waals surface area contributed by atoms with Gasteiger partial charge in [0.05, 0.1) is 23.8 Å². The molecule has 0 bridgehead atoms. The average molecular weight is 365 g/mol. The number of nitrogens with one attached hydrogen (secondary N) is 2. The Morgan fingerprint density at radius 1 is 1.12 bits per heavy atom. The molecule has 1 aromatic rings. The van der Waals surface area contributed by atoms with Crippen molar-refractivity contribution in [1.82, 2.24) is 15.1 Å². The summed E-state index contributed by atoms with van der Waals surface area (Å²) < 4.78 is 0. The molecule has 1 saturated carbocycles. The summed E-state index contributed by atoms with van der Waals surface area (Å²) in [7, 11) is 0. The Morgan fingerprint density at radius 2 is 1.84 bits per heavy atom. The van der Waals surface area contributed by atoms with Gasteiger partial charge in [0.25, 0.3) is 0 Å². The summed E-state index contributed by atoms with van der Waals surface area (Å²) in [5.74, 6) is 0.848. The Labute approximate surface area is 153 Å². The quantitative estimate of drug-likeness (QED) is 0.768. The Balaban J connectivity index is 1.36. The fourth-order valence-electron chi connectivity index (χ4n) is 2.93. The SMILES string of the molecule is O=C(CN1CCN(C(=O)CNCC2CC2)CC1)Nc1ccccc1Cl. The molecule has 7 heteroatoms. The lowest BCUT2D eigenvalue weighted by Gasteiger charge is -2.34. The van der Waals surface area contributed by atoms with Gasteiger partial charge in [0.1, 0.15) is 0 Å². The maximum Gasteiger partial charge on any atom is 0.238 e. The molecule has 0 unspecified atom stereocenters. The zero-order chi connectivity index (χ0) is 17.6. The van der Waals surface area contributed by atoms with Gasteiger partial charge in [-0.1, -0.05) is 23.7 Å². The third kappa shape index (κ3) is 5.70. The van der Waals surface area contributed by atoms with Gasteiger partial charge in [0, 0.05) is 26.2 Å². The van der Waals surface area contributed by atoms with E-state index < -0.39 is 0 Å². The molecular formula is C18H25ClN4O2. The number of anilines is 1. The van der Waals surface area contributed by atoms with Crippen LogP contribution in [0.2, 0.25) is 5.02 Å². The predicted molar refractivity (Wildman–Crippen MR) is 98.7 cm³/mol. The molecule has 2 amide bonds. The molecule has 0 radical (unpaired) electrons. The Morgan fingerprint density at radius 3 is 2.52 bits per heavy atom. The Bertz CT molecular complexity index is 613. The van der Waals surface area contributed by atoms with Gasteiger partial charge in [-0.2, -0.15) is 0 Å². The molecule has 2 fully saturated rings. The first-order valence-electron chi connectivity index (χ1n) is 8.87. The van der Waals surface area contributed by atoms with E-state index in [2.05, 4.69) is 15.5 Å². The molecule has 0 atom stereocenters. The van der Waals surface area contributed by atoms with Crippen molar-refractivity contribution in [2.24, 2.45) is 5.92 Å². The van der Waals surface area contributed by atoms with Crippen molar-refractivity contribution >= 4 is 29.1 Å². The van der Waals surface area contributed by atoms with Crippen molar-refractivity contribution < 1.29 is 9.59 Å². The summed E-state index contributed by atoms with van der Waals surface area (Å²) in [6.07, 6.45) is 2.58. The minimum absolute atomic E-state index is 0.0843. The van der Waals surface area contributed by atoms with E-state index in [1.807, 2.05) is 17.0 Å². The molecule has 2 aliphatic rings. The molecule has 0 spiro atoms. The molecule has 1 aliphatic carbocycles. The van der Waals surface area contributed by atoms with Crippen LogP contribution in [0, 0.1) is 5.92 Å². The molecular weight excluding hydrogens is 340 g/mol. The van der Waals surface area contributed by atoms with Crippen molar-refractivity contribution in [3.05, 3.63) is 29.3 Å². The topological polar surface area (TPSA) is 64.7 Å². The number of benzene rings is 1. The highest BCUT2D eigenvalue weighted by molar-refractivity contribution is 6.33. The van der Waals surface area contributed by atoms with Gasteiger partial charge < -0.3 is 15.5 Å². The molecule has 1 aliphatic heterocycles. The van der Waals surface area contributed by atoms with Crippen LogP contribution >= 0.6 is 11.6 Å². The van der Waals surface area contributed by atoms with Crippen LogP contribution in [0.25, 0.3) is 0 Å². The summed E-state index contributed by atoms with van der Waals surface area (Å²) in [6, 6.07) is 7.20. The molecule has 25 heavy (non-hydrogen) atoms. The lowest BCUT2D eigenvalue weighted by atomic mass is 10.3. The zero-order valence-electron chi connectivity index (χ0n) is 14.3. The number of nitrogens with zero attached hydrogens (tertiary/aromatic N) is 2. The number of para-hydroxylation sites is 1. The molecule has 6 nitrogen and oxygen atoms in total. The third-order valence-corrected chi connectivity index (χ3v) is 4.98. The molecule has 3 rings (SSSR count). The molecule has 2 N–H and O–H groups in total. The second-order valence-corrected chi connectivity index (χ2v) is 7.17. The highest BCUT2D eigenvalue weighted by atomic mass is 35.5. The lowest BCUT2D eigenvalue weighted by Crippen LogP contribution is -2.52. The standard InChI is InChI=1S/C18H25ClN4O2/c19-15-3-1-2-4-16(15)21-17(24)13-22-7-9-23(10-8-22)18(25)12-20-11-14-5-6-14/h1-4,14,20H,5-13H2,(H,21,24). The van der Waals surface area contributed by atoms with Crippen molar-refractivity contribution in [2.45, 2.75) is 12.8 Å². The van der Waals surface area contributed by atoms with Crippen LogP contribution in [-0.4, -0.2) is 67.4 Å². The van der Waals surface area contributed by atoms with E-state index in [4.69, 9.17) is 11.6 Å². The second kappa shape index (κ2) is 8.65. The number of piperazine rings is 1. The normalized spacial score (nSPS) is 18.2. The predicted octanol–water partition coefficient (Wildman–Crippen LogP) is 1.42. The molecule has 136 valence electrons. The van der Waals surface area contributed by atoms with Gasteiger partial charge in [0.15, 0.2) is 0 Å². The van der Waals surface area contributed by atoms with E-state index in [9.17, 15) is 9.59 Å². The Kier molecular flexibility index (Phi) is 6.29. The summed E-state index contributed by atoms with van der Waals surface area (Å²) in [6.45, 7) is 4.45. The minimum Gasteiger partial charge on any atom is -0.339 e. The van der Waals surface area contributed by atoms with E-state index in [0.717, 1.165) is 12.5 Å². The smallest absolute Gasteiger partial charge is 0.238 e. The van der Waals surface area contributed by atoms with E-state index in [-0.39, 0.29) is 11.8 Å². The van der Waals surface area contributed by atoms with Crippen molar-refractivity contribution in [2.75, 3.05) is 51.1 Å². The van der Waals surface area contributed by atoms with Crippen molar-refractivity contribution in [3.8, 4) is 0 Å². The monoisotopic (exact) mass is 364 g/mol. The largest absolute Gasteiger partial charge is 0.339 e. The fourth-order valence-corrected chi connectivity index (χ4v) is 3.11. The first kappa shape index (κ1) is 18.2. The van der Waals surface area contributed by atoms with Gasteiger partial charge >= 0.3 is 0 Å². The van der Waals surface area contributed by atoms with Crippen LogP contribution in [0.3, 0.4) is 0 Å². The number of hydrogen-bond acceptors (Lipinski definition) is 4. The van der Waals surface area contributed by atoms with Crippen LogP contribution < -0.4 is 10.6 Å². The van der Waals surface area contributed by atoms with Gasteiger partial charge in [-0.25, -0.2) is 0 Å². The maximum absolute atomic E-state index is 12.2. The van der Waals surface area contributed by atoms with E-state index >= 15 is 0 Å². The number of carbonyl (C=O) groups is 2. The van der Waals surface area contributed by atoms with Crippen LogP contribution in [0.5, 0.6) is 0 Å². The fraction of sp³-hybridized carbons (Fsp3) is 0.556.